The minimum atomic E-state index is -1.48. The first-order valence-electron chi connectivity index (χ1n) is 13.6. The maximum Gasteiger partial charge on any atom is 0.338 e. The van der Waals surface area contributed by atoms with Crippen LogP contribution in [0, 0.1) is 11.8 Å². The van der Waals surface area contributed by atoms with Gasteiger partial charge in [-0.05, 0) is 73.4 Å². The van der Waals surface area contributed by atoms with Crippen molar-refractivity contribution in [3.05, 3.63) is 82.9 Å². The molecule has 0 radical (unpaired) electrons. The summed E-state index contributed by atoms with van der Waals surface area (Å²) in [5, 5.41) is 26.2. The molecule has 3 aliphatic heterocycles. The lowest BCUT2D eigenvalue weighted by atomic mass is 9.76. The molecule has 4 N–H and O–H groups in total. The molecule has 3 heterocycles. The van der Waals surface area contributed by atoms with Gasteiger partial charge in [-0.2, -0.15) is 0 Å². The Morgan fingerprint density at radius 1 is 0.927 bits per heavy atom. The number of carbonyl (C=O) groups is 4. The fourth-order valence-electron chi connectivity index (χ4n) is 6.41. The third kappa shape index (κ3) is 3.97. The lowest BCUT2D eigenvalue weighted by Gasteiger charge is -2.30. The van der Waals surface area contributed by atoms with Crippen LogP contribution in [0.3, 0.4) is 0 Å². The third-order valence-corrected chi connectivity index (χ3v) is 8.32. The molecule has 3 aromatic rings. The van der Waals surface area contributed by atoms with Crippen molar-refractivity contribution in [1.82, 2.24) is 5.32 Å². The average molecular weight is 556 g/mol. The number of amides is 3. The molecule has 41 heavy (non-hydrogen) atoms. The number of imide groups is 1. The molecule has 3 aromatic carbocycles. The van der Waals surface area contributed by atoms with Gasteiger partial charge in [0.1, 0.15) is 5.54 Å². The van der Waals surface area contributed by atoms with Crippen molar-refractivity contribution in [1.29, 1.82) is 0 Å². The van der Waals surface area contributed by atoms with E-state index < -0.39 is 47.1 Å². The first kappa shape index (κ1) is 26.5. The molecule has 3 aliphatic rings. The van der Waals surface area contributed by atoms with Crippen molar-refractivity contribution in [2.45, 2.75) is 38.3 Å². The highest BCUT2D eigenvalue weighted by atomic mass is 16.5. The van der Waals surface area contributed by atoms with Gasteiger partial charge in [-0.15, -0.1) is 0 Å². The van der Waals surface area contributed by atoms with Crippen LogP contribution in [0.4, 0.5) is 11.4 Å². The van der Waals surface area contributed by atoms with Crippen LogP contribution in [-0.4, -0.2) is 46.6 Å². The van der Waals surface area contributed by atoms with Crippen molar-refractivity contribution < 1.29 is 34.1 Å². The topological polar surface area (TPSA) is 145 Å². The molecule has 3 amide bonds. The van der Waals surface area contributed by atoms with E-state index in [2.05, 4.69) is 10.6 Å². The number of benzene rings is 3. The number of ether oxygens (including phenoxy) is 1. The zero-order chi connectivity index (χ0) is 29.1. The van der Waals surface area contributed by atoms with Gasteiger partial charge in [-0.3, -0.25) is 19.7 Å². The summed E-state index contributed by atoms with van der Waals surface area (Å²) in [7, 11) is 0. The van der Waals surface area contributed by atoms with E-state index >= 15 is 0 Å². The average Bonchev–Trinajstić information content (AvgIpc) is 3.54. The lowest BCUT2D eigenvalue weighted by Crippen LogP contribution is -2.53. The van der Waals surface area contributed by atoms with Gasteiger partial charge in [0.2, 0.25) is 17.7 Å². The molecule has 0 aliphatic carbocycles. The Morgan fingerprint density at radius 3 is 2.34 bits per heavy atom. The number of phenolic OH excluding ortho intramolecular Hbond substituents is 2. The Kier molecular flexibility index (Phi) is 6.30. The van der Waals surface area contributed by atoms with E-state index in [0.29, 0.717) is 28.9 Å². The summed E-state index contributed by atoms with van der Waals surface area (Å²) < 4.78 is 5.04. The SMILES string of the molecule is CCOC(=O)c1ccc(N2C(=O)[C@@H]3[C@H](Cc4ccc(O)c(O)c4)N[C@]4(C(=O)Nc5ccc(CC)cc54)[C@@H]3C2=O)cc1. The Morgan fingerprint density at radius 2 is 1.66 bits per heavy atom. The minimum Gasteiger partial charge on any atom is -0.504 e. The molecule has 0 saturated carbocycles. The molecule has 0 aromatic heterocycles. The number of fused-ring (bicyclic) bond motifs is 4. The number of rotatable bonds is 6. The number of aromatic hydroxyl groups is 2. The molecule has 2 fully saturated rings. The van der Waals surface area contributed by atoms with Crippen molar-refractivity contribution in [3.8, 4) is 11.5 Å². The van der Waals surface area contributed by atoms with Gasteiger partial charge in [0.05, 0.1) is 29.7 Å². The van der Waals surface area contributed by atoms with Gasteiger partial charge in [0, 0.05) is 17.3 Å². The molecule has 10 nitrogen and oxygen atoms in total. The second-order valence-corrected chi connectivity index (χ2v) is 10.6. The number of anilines is 2. The second-order valence-electron chi connectivity index (χ2n) is 10.6. The summed E-state index contributed by atoms with van der Waals surface area (Å²) in [6.07, 6.45) is 0.926. The monoisotopic (exact) mass is 555 g/mol. The van der Waals surface area contributed by atoms with Gasteiger partial charge in [0.15, 0.2) is 11.5 Å². The van der Waals surface area contributed by atoms with Crippen LogP contribution in [0.25, 0.3) is 0 Å². The predicted octanol–water partition coefficient (Wildman–Crippen LogP) is 3.00. The number of esters is 1. The summed E-state index contributed by atoms with van der Waals surface area (Å²) in [5.41, 5.74) is 1.89. The fourth-order valence-corrected chi connectivity index (χ4v) is 6.41. The van der Waals surface area contributed by atoms with Gasteiger partial charge in [-0.1, -0.05) is 25.1 Å². The summed E-state index contributed by atoms with van der Waals surface area (Å²) in [5.74, 6) is -4.42. The lowest BCUT2D eigenvalue weighted by molar-refractivity contribution is -0.130. The van der Waals surface area contributed by atoms with E-state index in [1.165, 1.54) is 36.4 Å². The van der Waals surface area contributed by atoms with Crippen molar-refractivity contribution in [2.75, 3.05) is 16.8 Å². The fraction of sp³-hybridized carbons (Fsp3) is 0.290. The van der Waals surface area contributed by atoms with Crippen LogP contribution in [0.1, 0.15) is 40.9 Å². The van der Waals surface area contributed by atoms with Gasteiger partial charge < -0.3 is 20.3 Å². The van der Waals surface area contributed by atoms with Crippen LogP contribution in [0.5, 0.6) is 11.5 Å². The van der Waals surface area contributed by atoms with Crippen LogP contribution in [0.15, 0.2) is 60.7 Å². The number of hydrogen-bond donors (Lipinski definition) is 4. The van der Waals surface area contributed by atoms with Gasteiger partial charge in [0.25, 0.3) is 0 Å². The number of hydrogen-bond acceptors (Lipinski definition) is 8. The number of aryl methyl sites for hydroxylation is 1. The van der Waals surface area contributed by atoms with Gasteiger partial charge in [-0.25, -0.2) is 9.69 Å². The van der Waals surface area contributed by atoms with Crippen LogP contribution in [-0.2, 0) is 37.5 Å². The number of nitrogens with zero attached hydrogens (tertiary/aromatic N) is 1. The Labute approximate surface area is 235 Å². The highest BCUT2D eigenvalue weighted by Crippen LogP contribution is 2.54. The maximum absolute atomic E-state index is 14.2. The normalized spacial score (nSPS) is 24.5. The Balaban J connectivity index is 1.44. The van der Waals surface area contributed by atoms with E-state index in [9.17, 15) is 29.4 Å². The van der Waals surface area contributed by atoms with Crippen molar-refractivity contribution >= 4 is 35.1 Å². The first-order valence-corrected chi connectivity index (χ1v) is 13.6. The zero-order valence-corrected chi connectivity index (χ0v) is 22.5. The first-order chi connectivity index (χ1) is 19.7. The number of nitrogens with one attached hydrogen (secondary N) is 2. The smallest absolute Gasteiger partial charge is 0.338 e. The van der Waals surface area contributed by atoms with E-state index in [4.69, 9.17) is 4.74 Å². The van der Waals surface area contributed by atoms with Gasteiger partial charge >= 0.3 is 5.97 Å². The van der Waals surface area contributed by atoms with Crippen LogP contribution in [0.2, 0.25) is 0 Å². The van der Waals surface area contributed by atoms with E-state index in [1.807, 2.05) is 25.1 Å². The van der Waals surface area contributed by atoms with Crippen LogP contribution < -0.4 is 15.5 Å². The third-order valence-electron chi connectivity index (χ3n) is 8.32. The van der Waals surface area contributed by atoms with E-state index in [-0.39, 0.29) is 30.1 Å². The molecule has 1 spiro atoms. The zero-order valence-electron chi connectivity index (χ0n) is 22.5. The van der Waals surface area contributed by atoms with E-state index in [0.717, 1.165) is 10.5 Å². The summed E-state index contributed by atoms with van der Waals surface area (Å²) in [6.45, 7) is 3.91. The Hall–Kier alpha value is -4.70. The molecular formula is C31H29N3O7. The Bertz CT molecular complexity index is 1600. The molecule has 10 heteroatoms. The molecule has 2 saturated heterocycles. The van der Waals surface area contributed by atoms with Crippen LogP contribution >= 0.6 is 0 Å². The highest BCUT2D eigenvalue weighted by molar-refractivity contribution is 6.25. The number of phenols is 2. The molecule has 4 atom stereocenters. The summed E-state index contributed by atoms with van der Waals surface area (Å²) in [4.78, 5) is 55.3. The molecule has 210 valence electrons. The highest BCUT2D eigenvalue weighted by Gasteiger charge is 2.70. The van der Waals surface area contributed by atoms with Crippen molar-refractivity contribution in [2.24, 2.45) is 11.8 Å². The quantitative estimate of drug-likeness (QED) is 0.206. The van der Waals surface area contributed by atoms with Crippen molar-refractivity contribution in [3.63, 3.8) is 0 Å². The summed E-state index contributed by atoms with van der Waals surface area (Å²) >= 11 is 0. The number of carbonyl (C=O) groups excluding carboxylic acids is 4. The standard InChI is InChI=1S/C31H29N3O7/c1-3-16-5-11-21-20(13-16)31(30(40)32-21)26-25(22(33-31)14-17-6-12-23(35)24(36)15-17)27(37)34(28(26)38)19-9-7-18(8-10-19)29(39)41-4-2/h5-13,15,22,25-26,33,35-36H,3-4,14H2,1-2H3,(H,32,40)/t22-,25+,26-,31-/m0/s1. The van der Waals surface area contributed by atoms with E-state index in [1.54, 1.807) is 13.0 Å². The largest absolute Gasteiger partial charge is 0.504 e. The second kappa shape index (κ2) is 9.74. The molecule has 0 unspecified atom stereocenters. The maximum atomic E-state index is 14.2. The predicted molar refractivity (Wildman–Crippen MR) is 148 cm³/mol. The molecule has 0 bridgehead atoms. The minimum absolute atomic E-state index is 0.210. The summed E-state index contributed by atoms with van der Waals surface area (Å²) in [6, 6.07) is 15.4. The molecular weight excluding hydrogens is 526 g/mol. The molecule has 6 rings (SSSR count).